The normalized spacial score (nSPS) is 10.7. The van der Waals surface area contributed by atoms with E-state index in [1.54, 1.807) is 12.5 Å². The zero-order valence-electron chi connectivity index (χ0n) is 8.17. The fourth-order valence-corrected chi connectivity index (χ4v) is 0.822. The van der Waals surface area contributed by atoms with Crippen molar-refractivity contribution in [3.63, 3.8) is 0 Å². The van der Waals surface area contributed by atoms with Crippen LogP contribution in [0.25, 0.3) is 0 Å². The van der Waals surface area contributed by atoms with Gasteiger partial charge in [0.2, 0.25) is 6.33 Å². The van der Waals surface area contributed by atoms with Gasteiger partial charge in [0.05, 0.1) is 0 Å². The number of ketones is 1. The number of nitrogens with one attached hydrogen (secondary N) is 1. The van der Waals surface area contributed by atoms with E-state index < -0.39 is 0 Å². The van der Waals surface area contributed by atoms with Crippen molar-refractivity contribution in [2.45, 2.75) is 27.3 Å². The molecule has 74 valence electrons. The van der Waals surface area contributed by atoms with E-state index in [4.69, 9.17) is 0 Å². The van der Waals surface area contributed by atoms with Gasteiger partial charge in [0.25, 0.3) is 0 Å². The van der Waals surface area contributed by atoms with Gasteiger partial charge in [-0.1, -0.05) is 20.8 Å². The van der Waals surface area contributed by atoms with Gasteiger partial charge in [-0.05, 0) is 0 Å². The summed E-state index contributed by atoms with van der Waals surface area (Å²) in [5.41, 5.74) is -0.246. The molecule has 3 nitrogen and oxygen atoms in total. The summed E-state index contributed by atoms with van der Waals surface area (Å²) in [6, 6.07) is 0. The van der Waals surface area contributed by atoms with Gasteiger partial charge in [-0.15, -0.1) is 0 Å². The monoisotopic (exact) mass is 246 g/mol. The maximum absolute atomic E-state index is 11.5. The highest BCUT2D eigenvalue weighted by Crippen LogP contribution is 2.13. The first-order valence-corrected chi connectivity index (χ1v) is 4.05. The Balaban J connectivity index is 0.00000144. The summed E-state index contributed by atoms with van der Waals surface area (Å²) >= 11 is 0. The highest BCUT2D eigenvalue weighted by molar-refractivity contribution is 5.82. The SMILES string of the molecule is CC(C)(C)C(=O)C[n+]1cc[nH]c1.[Br-]. The van der Waals surface area contributed by atoms with E-state index in [-0.39, 0.29) is 28.2 Å². The number of hydrogen-bond donors (Lipinski definition) is 1. The van der Waals surface area contributed by atoms with Crippen LogP contribution >= 0.6 is 0 Å². The zero-order chi connectivity index (χ0) is 9.19. The number of hydrogen-bond acceptors (Lipinski definition) is 1. The van der Waals surface area contributed by atoms with Crippen LogP contribution in [0.4, 0.5) is 0 Å². The first kappa shape index (κ1) is 12.4. The van der Waals surface area contributed by atoms with Crippen LogP contribution < -0.4 is 21.5 Å². The van der Waals surface area contributed by atoms with Gasteiger partial charge in [-0.2, -0.15) is 0 Å². The molecule has 1 aromatic heterocycles. The van der Waals surface area contributed by atoms with Crippen LogP contribution in [0.5, 0.6) is 0 Å². The molecule has 0 amide bonds. The van der Waals surface area contributed by atoms with E-state index in [0.717, 1.165) is 0 Å². The third kappa shape index (κ3) is 3.72. The number of rotatable bonds is 2. The number of carbonyl (C=O) groups is 1. The molecule has 0 spiro atoms. The molecule has 0 saturated heterocycles. The van der Waals surface area contributed by atoms with Gasteiger partial charge in [0.15, 0.2) is 5.78 Å². The van der Waals surface area contributed by atoms with Crippen LogP contribution in [-0.4, -0.2) is 10.8 Å². The van der Waals surface area contributed by atoms with E-state index in [9.17, 15) is 4.79 Å². The lowest BCUT2D eigenvalue weighted by Gasteiger charge is -2.14. The van der Waals surface area contributed by atoms with E-state index >= 15 is 0 Å². The van der Waals surface area contributed by atoms with E-state index in [1.165, 1.54) is 0 Å². The van der Waals surface area contributed by atoms with Crippen molar-refractivity contribution in [3.05, 3.63) is 18.7 Å². The van der Waals surface area contributed by atoms with Gasteiger partial charge < -0.3 is 17.0 Å². The van der Waals surface area contributed by atoms with E-state index in [0.29, 0.717) is 6.54 Å². The van der Waals surface area contributed by atoms with Crippen LogP contribution in [0.15, 0.2) is 18.7 Å². The van der Waals surface area contributed by atoms with Crippen molar-refractivity contribution in [1.29, 1.82) is 0 Å². The van der Waals surface area contributed by atoms with Crippen molar-refractivity contribution >= 4 is 5.78 Å². The van der Waals surface area contributed by atoms with Crippen LogP contribution in [0.3, 0.4) is 0 Å². The largest absolute Gasteiger partial charge is 1.00 e. The molecule has 13 heavy (non-hydrogen) atoms. The van der Waals surface area contributed by atoms with Crippen molar-refractivity contribution in [2.24, 2.45) is 5.41 Å². The third-order valence-corrected chi connectivity index (χ3v) is 1.77. The molecule has 1 heterocycles. The number of aromatic nitrogens is 2. The number of halogens is 1. The molecule has 0 aliphatic heterocycles. The summed E-state index contributed by atoms with van der Waals surface area (Å²) in [6.45, 7) is 6.25. The zero-order valence-corrected chi connectivity index (χ0v) is 9.76. The average molecular weight is 247 g/mol. The summed E-state index contributed by atoms with van der Waals surface area (Å²) in [5, 5.41) is 0. The molecule has 0 aliphatic rings. The second kappa shape index (κ2) is 4.56. The van der Waals surface area contributed by atoms with Crippen LogP contribution in [0.2, 0.25) is 0 Å². The molecule has 0 unspecified atom stereocenters. The second-order valence-corrected chi connectivity index (χ2v) is 3.96. The first-order valence-electron chi connectivity index (χ1n) is 4.05. The van der Waals surface area contributed by atoms with Crippen molar-refractivity contribution in [2.75, 3.05) is 0 Å². The lowest BCUT2D eigenvalue weighted by molar-refractivity contribution is -0.683. The highest BCUT2D eigenvalue weighted by atomic mass is 79.9. The average Bonchev–Trinajstić information content (AvgIpc) is 2.37. The van der Waals surface area contributed by atoms with Gasteiger partial charge in [-0.25, -0.2) is 4.57 Å². The number of imidazole rings is 1. The molecule has 0 bridgehead atoms. The Morgan fingerprint density at radius 1 is 1.46 bits per heavy atom. The number of carbonyl (C=O) groups excluding carboxylic acids is 1. The molecule has 0 aromatic carbocycles. The van der Waals surface area contributed by atoms with E-state index in [2.05, 4.69) is 4.98 Å². The standard InChI is InChI=1S/C9H14N2O.BrH/c1-9(2,3)8(12)6-11-5-4-10-7-11;/h4-5,7H,6H2,1-3H3;1H. The van der Waals surface area contributed by atoms with Crippen molar-refractivity contribution < 1.29 is 26.3 Å². The molecular formula is C9H15BrN2O. The summed E-state index contributed by atoms with van der Waals surface area (Å²) in [4.78, 5) is 14.4. The predicted molar refractivity (Wildman–Crippen MR) is 45.4 cm³/mol. The molecule has 0 radical (unpaired) electrons. The molecule has 0 fully saturated rings. The van der Waals surface area contributed by atoms with Crippen LogP contribution in [0, 0.1) is 5.41 Å². The Kier molecular flexibility index (Phi) is 4.33. The number of H-pyrrole nitrogens is 1. The Hall–Kier alpha value is -0.640. The molecule has 1 rings (SSSR count). The Morgan fingerprint density at radius 3 is 2.46 bits per heavy atom. The van der Waals surface area contributed by atoms with Crippen LogP contribution in [-0.2, 0) is 11.3 Å². The molecule has 0 atom stereocenters. The Morgan fingerprint density at radius 2 is 2.08 bits per heavy atom. The summed E-state index contributed by atoms with van der Waals surface area (Å²) in [6.07, 6.45) is 5.43. The third-order valence-electron chi connectivity index (χ3n) is 1.77. The van der Waals surface area contributed by atoms with Crippen LogP contribution in [0.1, 0.15) is 20.8 Å². The summed E-state index contributed by atoms with van der Waals surface area (Å²) in [5.74, 6) is 0.243. The minimum Gasteiger partial charge on any atom is -1.00 e. The Labute approximate surface area is 88.9 Å². The molecule has 0 saturated carbocycles. The van der Waals surface area contributed by atoms with Crippen molar-refractivity contribution in [3.8, 4) is 0 Å². The van der Waals surface area contributed by atoms with E-state index in [1.807, 2.05) is 31.5 Å². The smallest absolute Gasteiger partial charge is 0.241 e. The molecule has 4 heteroatoms. The number of nitrogens with zero attached hydrogens (tertiary/aromatic N) is 1. The molecular weight excluding hydrogens is 232 g/mol. The number of aromatic amines is 1. The lowest BCUT2D eigenvalue weighted by Crippen LogP contribution is -3.00. The molecule has 1 N–H and O–H groups in total. The Bertz CT molecular complexity index is 262. The maximum Gasteiger partial charge on any atom is 0.241 e. The van der Waals surface area contributed by atoms with Crippen molar-refractivity contribution in [1.82, 2.24) is 4.98 Å². The quantitative estimate of drug-likeness (QED) is 0.598. The predicted octanol–water partition coefficient (Wildman–Crippen LogP) is -2.08. The molecule has 0 aliphatic carbocycles. The topological polar surface area (TPSA) is 36.7 Å². The fraction of sp³-hybridized carbons (Fsp3) is 0.556. The van der Waals surface area contributed by atoms with Gasteiger partial charge in [0.1, 0.15) is 18.9 Å². The van der Waals surface area contributed by atoms with Gasteiger partial charge >= 0.3 is 0 Å². The molecule has 1 aromatic rings. The maximum atomic E-state index is 11.5. The minimum absolute atomic E-state index is 0. The minimum atomic E-state index is -0.246. The van der Waals surface area contributed by atoms with Gasteiger partial charge in [0, 0.05) is 5.41 Å². The first-order chi connectivity index (χ1) is 5.50. The summed E-state index contributed by atoms with van der Waals surface area (Å²) in [7, 11) is 0. The van der Waals surface area contributed by atoms with Gasteiger partial charge in [-0.3, -0.25) is 9.78 Å². The second-order valence-electron chi connectivity index (χ2n) is 3.96. The summed E-state index contributed by atoms with van der Waals surface area (Å²) < 4.78 is 1.84. The highest BCUT2D eigenvalue weighted by Gasteiger charge is 2.22. The number of Topliss-reactive ketones (excluding diaryl/α,β-unsaturated/α-hetero) is 1. The lowest BCUT2D eigenvalue weighted by atomic mass is 9.91. The fourth-order valence-electron chi connectivity index (χ4n) is 0.822.